The van der Waals surface area contributed by atoms with Crippen LogP contribution in [0.2, 0.25) is 0 Å². The maximum Gasteiger partial charge on any atom is 0.324 e. The predicted molar refractivity (Wildman–Crippen MR) is 144 cm³/mol. The van der Waals surface area contributed by atoms with E-state index in [1.807, 2.05) is 70.2 Å². The summed E-state index contributed by atoms with van der Waals surface area (Å²) in [6, 6.07) is 14.7. The van der Waals surface area contributed by atoms with E-state index in [0.717, 1.165) is 55.3 Å². The molecular formula is C29H34N4O4. The highest BCUT2D eigenvalue weighted by Crippen LogP contribution is 2.24. The third-order valence-corrected chi connectivity index (χ3v) is 5.93. The number of rotatable bonds is 6. The molecule has 37 heavy (non-hydrogen) atoms. The largest absolute Gasteiger partial charge is 0.492 e. The second-order valence-electron chi connectivity index (χ2n) is 10.0. The quantitative estimate of drug-likeness (QED) is 0.460. The van der Waals surface area contributed by atoms with E-state index in [4.69, 9.17) is 14.0 Å². The van der Waals surface area contributed by atoms with Gasteiger partial charge in [-0.1, -0.05) is 37.8 Å². The minimum absolute atomic E-state index is 0.183. The van der Waals surface area contributed by atoms with Gasteiger partial charge in [0.05, 0.1) is 13.2 Å². The number of anilines is 2. The van der Waals surface area contributed by atoms with E-state index < -0.39 is 6.03 Å². The number of ether oxygens (including phenoxy) is 2. The van der Waals surface area contributed by atoms with Gasteiger partial charge in [-0.25, -0.2) is 4.79 Å². The molecule has 0 spiro atoms. The molecular weight excluding hydrogens is 468 g/mol. The molecule has 194 valence electrons. The van der Waals surface area contributed by atoms with E-state index in [2.05, 4.69) is 32.5 Å². The summed E-state index contributed by atoms with van der Waals surface area (Å²) in [4.78, 5) is 14.6. The monoisotopic (exact) mass is 502 g/mol. The minimum atomic E-state index is -0.393. The first-order valence-electron chi connectivity index (χ1n) is 12.5. The lowest BCUT2D eigenvalue weighted by Crippen LogP contribution is -2.38. The fourth-order valence-electron chi connectivity index (χ4n) is 3.75. The van der Waals surface area contributed by atoms with Crippen LogP contribution >= 0.6 is 0 Å². The zero-order valence-corrected chi connectivity index (χ0v) is 21.9. The van der Waals surface area contributed by atoms with E-state index in [-0.39, 0.29) is 5.41 Å². The fourth-order valence-corrected chi connectivity index (χ4v) is 3.75. The van der Waals surface area contributed by atoms with Gasteiger partial charge in [0, 0.05) is 47.9 Å². The van der Waals surface area contributed by atoms with Crippen LogP contribution in [-0.4, -0.2) is 55.5 Å². The van der Waals surface area contributed by atoms with Crippen molar-refractivity contribution in [3.63, 3.8) is 0 Å². The van der Waals surface area contributed by atoms with E-state index in [0.29, 0.717) is 23.9 Å². The number of hydrogen-bond donors (Lipinski definition) is 2. The van der Waals surface area contributed by atoms with Gasteiger partial charge >= 0.3 is 6.03 Å². The Morgan fingerprint density at radius 1 is 1.03 bits per heavy atom. The summed E-state index contributed by atoms with van der Waals surface area (Å²) < 4.78 is 16.7. The molecule has 8 nitrogen and oxygen atoms in total. The van der Waals surface area contributed by atoms with Gasteiger partial charge in [-0.2, -0.15) is 0 Å². The summed E-state index contributed by atoms with van der Waals surface area (Å²) in [7, 11) is 0. The van der Waals surface area contributed by atoms with Crippen molar-refractivity contribution in [1.82, 2.24) is 10.1 Å². The highest BCUT2D eigenvalue weighted by molar-refractivity contribution is 5.99. The summed E-state index contributed by atoms with van der Waals surface area (Å²) in [5.74, 6) is 8.32. The number of hydrogen-bond acceptors (Lipinski definition) is 6. The molecule has 0 aliphatic carbocycles. The summed E-state index contributed by atoms with van der Waals surface area (Å²) in [5, 5.41) is 9.37. The van der Waals surface area contributed by atoms with Crippen LogP contribution in [0, 0.1) is 18.8 Å². The summed E-state index contributed by atoms with van der Waals surface area (Å²) in [5.41, 5.74) is 3.29. The number of amides is 2. The fraction of sp³-hybridized carbons (Fsp3) is 0.379. The topological polar surface area (TPSA) is 88.9 Å². The SMILES string of the molecule is Cc1cc(C#Cc2ccc(NC(=O)Nc3cc(C(C)(C)C)on3)cc2)ccc1OCCN1CCOCC1. The standard InChI is InChI=1S/C29H34N4O4/c1-21-19-23(9-12-25(21)36-18-15-33-13-16-35-17-14-33)6-5-22-7-10-24(11-8-22)30-28(34)31-27-20-26(37-32-27)29(2,3)4/h7-12,19-20H,13-18H2,1-4H3,(H2,30,31,32,34). The van der Waals surface area contributed by atoms with E-state index >= 15 is 0 Å². The van der Waals surface area contributed by atoms with E-state index in [9.17, 15) is 4.79 Å². The number of morpholine rings is 1. The number of aromatic nitrogens is 1. The molecule has 2 aromatic carbocycles. The van der Waals surface area contributed by atoms with Crippen LogP contribution in [-0.2, 0) is 10.2 Å². The molecule has 8 heteroatoms. The Kier molecular flexibility index (Phi) is 8.49. The molecule has 2 amide bonds. The van der Waals surface area contributed by atoms with Gasteiger partial charge in [0.1, 0.15) is 18.1 Å². The van der Waals surface area contributed by atoms with E-state index in [1.54, 1.807) is 6.07 Å². The van der Waals surface area contributed by atoms with Crippen LogP contribution in [0.15, 0.2) is 53.1 Å². The van der Waals surface area contributed by atoms with Gasteiger partial charge in [-0.3, -0.25) is 10.2 Å². The Labute approximate surface area is 218 Å². The summed E-state index contributed by atoms with van der Waals surface area (Å²) in [6.07, 6.45) is 0. The number of nitrogens with zero attached hydrogens (tertiary/aromatic N) is 2. The highest BCUT2D eigenvalue weighted by atomic mass is 16.5. The van der Waals surface area contributed by atoms with Crippen molar-refractivity contribution in [3.05, 3.63) is 71.0 Å². The molecule has 1 aromatic heterocycles. The Morgan fingerprint density at radius 3 is 2.41 bits per heavy atom. The summed E-state index contributed by atoms with van der Waals surface area (Å²) in [6.45, 7) is 13.1. The molecule has 3 aromatic rings. The van der Waals surface area contributed by atoms with Crippen molar-refractivity contribution >= 4 is 17.5 Å². The average Bonchev–Trinajstić information content (AvgIpc) is 3.34. The Hall–Kier alpha value is -3.80. The van der Waals surface area contributed by atoms with Crippen molar-refractivity contribution < 1.29 is 18.8 Å². The third-order valence-electron chi connectivity index (χ3n) is 5.93. The number of carbonyl (C=O) groups excluding carboxylic acids is 1. The Morgan fingerprint density at radius 2 is 1.73 bits per heavy atom. The first kappa shape index (κ1) is 26.3. The third kappa shape index (κ3) is 7.84. The first-order valence-corrected chi connectivity index (χ1v) is 12.5. The van der Waals surface area contributed by atoms with Crippen molar-refractivity contribution in [2.24, 2.45) is 0 Å². The molecule has 1 aliphatic heterocycles. The smallest absolute Gasteiger partial charge is 0.324 e. The van der Waals surface area contributed by atoms with Gasteiger partial charge in [-0.05, 0) is 55.0 Å². The second-order valence-corrected chi connectivity index (χ2v) is 10.0. The van der Waals surface area contributed by atoms with Gasteiger partial charge in [-0.15, -0.1) is 0 Å². The molecule has 0 unspecified atom stereocenters. The zero-order chi connectivity index (χ0) is 26.3. The van der Waals surface area contributed by atoms with Gasteiger partial charge in [0.25, 0.3) is 0 Å². The maximum atomic E-state index is 12.3. The molecule has 1 fully saturated rings. The lowest BCUT2D eigenvalue weighted by molar-refractivity contribution is 0.0322. The van der Waals surface area contributed by atoms with Gasteiger partial charge < -0.3 is 19.3 Å². The number of nitrogens with one attached hydrogen (secondary N) is 2. The molecule has 0 radical (unpaired) electrons. The summed E-state index contributed by atoms with van der Waals surface area (Å²) >= 11 is 0. The van der Waals surface area contributed by atoms with Crippen LogP contribution in [0.4, 0.5) is 16.3 Å². The molecule has 0 saturated carbocycles. The molecule has 2 N–H and O–H groups in total. The van der Waals surface area contributed by atoms with Crippen LogP contribution in [0.1, 0.15) is 43.2 Å². The van der Waals surface area contributed by atoms with Crippen LogP contribution in [0.5, 0.6) is 5.75 Å². The first-order chi connectivity index (χ1) is 17.8. The number of aryl methyl sites for hydroxylation is 1. The minimum Gasteiger partial charge on any atom is -0.492 e. The lowest BCUT2D eigenvalue weighted by Gasteiger charge is -2.26. The maximum absolute atomic E-state index is 12.3. The molecule has 1 aliphatic rings. The van der Waals surface area contributed by atoms with Gasteiger partial charge in [0.2, 0.25) is 0 Å². The molecule has 0 bridgehead atoms. The molecule has 2 heterocycles. The van der Waals surface area contributed by atoms with Crippen LogP contribution in [0.25, 0.3) is 0 Å². The Bertz CT molecular complexity index is 1260. The molecule has 1 saturated heterocycles. The zero-order valence-electron chi connectivity index (χ0n) is 21.9. The number of benzene rings is 2. The second kappa shape index (κ2) is 12.0. The normalized spacial score (nSPS) is 13.9. The predicted octanol–water partition coefficient (Wildman–Crippen LogP) is 5.04. The highest BCUT2D eigenvalue weighted by Gasteiger charge is 2.20. The Balaban J connectivity index is 1.27. The number of urea groups is 1. The van der Waals surface area contributed by atoms with E-state index in [1.165, 1.54) is 0 Å². The van der Waals surface area contributed by atoms with Crippen molar-refractivity contribution in [2.75, 3.05) is 50.1 Å². The average molecular weight is 503 g/mol. The van der Waals surface area contributed by atoms with Crippen molar-refractivity contribution in [2.45, 2.75) is 33.1 Å². The van der Waals surface area contributed by atoms with Gasteiger partial charge in [0.15, 0.2) is 5.82 Å². The van der Waals surface area contributed by atoms with Crippen molar-refractivity contribution in [1.29, 1.82) is 0 Å². The van der Waals surface area contributed by atoms with Crippen LogP contribution in [0.3, 0.4) is 0 Å². The van der Waals surface area contributed by atoms with Crippen molar-refractivity contribution in [3.8, 4) is 17.6 Å². The molecule has 0 atom stereocenters. The number of carbonyl (C=O) groups is 1. The van der Waals surface area contributed by atoms with Crippen LogP contribution < -0.4 is 15.4 Å². The molecule has 4 rings (SSSR count). The lowest BCUT2D eigenvalue weighted by atomic mass is 9.93.